The van der Waals surface area contributed by atoms with E-state index in [0.29, 0.717) is 6.54 Å². The van der Waals surface area contributed by atoms with Crippen molar-refractivity contribution in [1.82, 2.24) is 5.32 Å². The molecule has 3 rings (SSSR count). The smallest absolute Gasteiger partial charge is 0.258 e. The second kappa shape index (κ2) is 8.75. The fourth-order valence-corrected chi connectivity index (χ4v) is 3.25. The Morgan fingerprint density at radius 1 is 1.04 bits per heavy atom. The molecule has 26 heavy (non-hydrogen) atoms. The van der Waals surface area contributed by atoms with Gasteiger partial charge in [-0.15, -0.1) is 0 Å². The van der Waals surface area contributed by atoms with E-state index in [-0.39, 0.29) is 12.5 Å². The maximum absolute atomic E-state index is 12.1. The number of piperidine rings is 1. The van der Waals surface area contributed by atoms with Crippen molar-refractivity contribution in [2.45, 2.75) is 39.7 Å². The Morgan fingerprint density at radius 3 is 2.50 bits per heavy atom. The molecule has 0 radical (unpaired) electrons. The minimum atomic E-state index is -0.106. The Bertz CT molecular complexity index is 734. The fourth-order valence-electron chi connectivity index (χ4n) is 3.25. The number of anilines is 1. The van der Waals surface area contributed by atoms with Crippen LogP contribution in [0.15, 0.2) is 42.5 Å². The van der Waals surface area contributed by atoms with Gasteiger partial charge in [-0.3, -0.25) is 4.79 Å². The van der Waals surface area contributed by atoms with Gasteiger partial charge in [-0.25, -0.2) is 0 Å². The van der Waals surface area contributed by atoms with Gasteiger partial charge in [0.05, 0.1) is 0 Å². The monoisotopic (exact) mass is 352 g/mol. The van der Waals surface area contributed by atoms with E-state index in [4.69, 9.17) is 4.74 Å². The summed E-state index contributed by atoms with van der Waals surface area (Å²) in [5.74, 6) is 0.664. The van der Waals surface area contributed by atoms with Crippen molar-refractivity contribution in [3.8, 4) is 5.75 Å². The molecule has 4 nitrogen and oxygen atoms in total. The summed E-state index contributed by atoms with van der Waals surface area (Å²) in [6.45, 7) is 6.89. The molecule has 0 aliphatic carbocycles. The van der Waals surface area contributed by atoms with Gasteiger partial charge in [0.1, 0.15) is 5.75 Å². The van der Waals surface area contributed by atoms with Crippen LogP contribution in [0, 0.1) is 13.8 Å². The molecule has 0 bridgehead atoms. The van der Waals surface area contributed by atoms with Crippen LogP contribution in [0.4, 0.5) is 5.69 Å². The molecular formula is C22H28N2O2. The van der Waals surface area contributed by atoms with Gasteiger partial charge < -0.3 is 15.0 Å². The van der Waals surface area contributed by atoms with Crippen molar-refractivity contribution in [2.24, 2.45) is 0 Å². The summed E-state index contributed by atoms with van der Waals surface area (Å²) in [6, 6.07) is 14.4. The SMILES string of the molecule is Cc1cccc(OCC(=O)NCc2ccc(N3CCCCC3)cc2)c1C. The quantitative estimate of drug-likeness (QED) is 0.855. The molecule has 1 aliphatic rings. The van der Waals surface area contributed by atoms with E-state index in [1.807, 2.05) is 32.0 Å². The number of carbonyl (C=O) groups excluding carboxylic acids is 1. The van der Waals surface area contributed by atoms with Gasteiger partial charge in [0.15, 0.2) is 6.61 Å². The average molecular weight is 352 g/mol. The first kappa shape index (κ1) is 18.3. The van der Waals surface area contributed by atoms with E-state index in [9.17, 15) is 4.79 Å². The van der Waals surface area contributed by atoms with Crippen LogP contribution in [-0.4, -0.2) is 25.6 Å². The lowest BCUT2D eigenvalue weighted by Gasteiger charge is -2.28. The van der Waals surface area contributed by atoms with Crippen molar-refractivity contribution in [1.29, 1.82) is 0 Å². The number of hydrogen-bond donors (Lipinski definition) is 1. The summed E-state index contributed by atoms with van der Waals surface area (Å²) in [5, 5.41) is 2.92. The van der Waals surface area contributed by atoms with E-state index in [1.54, 1.807) is 0 Å². The van der Waals surface area contributed by atoms with Crippen molar-refractivity contribution in [2.75, 3.05) is 24.6 Å². The van der Waals surface area contributed by atoms with Crippen LogP contribution in [0.5, 0.6) is 5.75 Å². The highest BCUT2D eigenvalue weighted by Gasteiger charge is 2.11. The zero-order chi connectivity index (χ0) is 18.4. The van der Waals surface area contributed by atoms with E-state index < -0.39 is 0 Å². The summed E-state index contributed by atoms with van der Waals surface area (Å²) >= 11 is 0. The molecule has 0 aromatic heterocycles. The highest BCUT2D eigenvalue weighted by atomic mass is 16.5. The zero-order valence-corrected chi connectivity index (χ0v) is 15.8. The molecule has 0 unspecified atom stereocenters. The molecule has 1 aliphatic heterocycles. The number of nitrogens with zero attached hydrogens (tertiary/aromatic N) is 1. The molecule has 1 amide bonds. The minimum Gasteiger partial charge on any atom is -0.483 e. The van der Waals surface area contributed by atoms with Crippen LogP contribution in [0.3, 0.4) is 0 Å². The summed E-state index contributed by atoms with van der Waals surface area (Å²) in [6.07, 6.45) is 3.89. The summed E-state index contributed by atoms with van der Waals surface area (Å²) in [5.41, 5.74) is 4.62. The van der Waals surface area contributed by atoms with Gasteiger partial charge in [-0.1, -0.05) is 24.3 Å². The van der Waals surface area contributed by atoms with E-state index >= 15 is 0 Å². The van der Waals surface area contributed by atoms with Crippen LogP contribution in [0.1, 0.15) is 36.0 Å². The predicted molar refractivity (Wildman–Crippen MR) is 106 cm³/mol. The molecule has 138 valence electrons. The van der Waals surface area contributed by atoms with Gasteiger partial charge in [0.2, 0.25) is 0 Å². The molecule has 1 heterocycles. The zero-order valence-electron chi connectivity index (χ0n) is 15.8. The van der Waals surface area contributed by atoms with Crippen molar-refractivity contribution >= 4 is 11.6 Å². The third-order valence-corrected chi connectivity index (χ3v) is 5.06. The van der Waals surface area contributed by atoms with Gasteiger partial charge >= 0.3 is 0 Å². The molecule has 2 aromatic rings. The number of rotatable bonds is 6. The maximum atomic E-state index is 12.1. The molecular weight excluding hydrogens is 324 g/mol. The number of carbonyl (C=O) groups is 1. The van der Waals surface area contributed by atoms with Crippen LogP contribution >= 0.6 is 0 Å². The first-order chi connectivity index (χ1) is 12.6. The summed E-state index contributed by atoms with van der Waals surface area (Å²) in [7, 11) is 0. The first-order valence-electron chi connectivity index (χ1n) is 9.43. The average Bonchev–Trinajstić information content (AvgIpc) is 2.68. The number of amides is 1. The number of aryl methyl sites for hydroxylation is 1. The summed E-state index contributed by atoms with van der Waals surface area (Å²) in [4.78, 5) is 14.5. The maximum Gasteiger partial charge on any atom is 0.258 e. The lowest BCUT2D eigenvalue weighted by atomic mass is 10.1. The lowest BCUT2D eigenvalue weighted by Crippen LogP contribution is -2.29. The standard InChI is InChI=1S/C22H28N2O2/c1-17-7-6-8-21(18(17)2)26-16-22(25)23-15-19-9-11-20(12-10-19)24-13-4-3-5-14-24/h6-12H,3-5,13-16H2,1-2H3,(H,23,25). The molecule has 1 N–H and O–H groups in total. The second-order valence-electron chi connectivity index (χ2n) is 6.98. The molecule has 0 atom stereocenters. The van der Waals surface area contributed by atoms with Gasteiger partial charge in [-0.05, 0) is 68.0 Å². The van der Waals surface area contributed by atoms with Crippen LogP contribution in [0.2, 0.25) is 0 Å². The minimum absolute atomic E-state index is 0.0379. The third kappa shape index (κ3) is 4.78. The van der Waals surface area contributed by atoms with Crippen LogP contribution < -0.4 is 15.0 Å². The van der Waals surface area contributed by atoms with E-state index in [1.165, 1.54) is 24.9 Å². The fraction of sp³-hybridized carbons (Fsp3) is 0.409. The lowest BCUT2D eigenvalue weighted by molar-refractivity contribution is -0.123. The van der Waals surface area contributed by atoms with Gasteiger partial charge in [0.25, 0.3) is 5.91 Å². The highest BCUT2D eigenvalue weighted by molar-refractivity contribution is 5.77. The van der Waals surface area contributed by atoms with Crippen molar-refractivity contribution in [3.05, 3.63) is 59.2 Å². The number of ether oxygens (including phenoxy) is 1. The normalized spacial score (nSPS) is 14.2. The van der Waals surface area contributed by atoms with Crippen molar-refractivity contribution < 1.29 is 9.53 Å². The molecule has 0 saturated carbocycles. The summed E-state index contributed by atoms with van der Waals surface area (Å²) < 4.78 is 5.65. The Morgan fingerprint density at radius 2 is 1.77 bits per heavy atom. The second-order valence-corrected chi connectivity index (χ2v) is 6.98. The van der Waals surface area contributed by atoms with Gasteiger partial charge in [0, 0.05) is 25.3 Å². The van der Waals surface area contributed by atoms with Crippen molar-refractivity contribution in [3.63, 3.8) is 0 Å². The third-order valence-electron chi connectivity index (χ3n) is 5.06. The highest BCUT2D eigenvalue weighted by Crippen LogP contribution is 2.21. The number of nitrogens with one attached hydrogen (secondary N) is 1. The molecule has 1 saturated heterocycles. The Hall–Kier alpha value is -2.49. The van der Waals surface area contributed by atoms with Crippen LogP contribution in [-0.2, 0) is 11.3 Å². The topological polar surface area (TPSA) is 41.6 Å². The number of hydrogen-bond acceptors (Lipinski definition) is 3. The molecule has 2 aromatic carbocycles. The predicted octanol–water partition coefficient (Wildman–Crippen LogP) is 3.99. The first-order valence-corrected chi connectivity index (χ1v) is 9.43. The van der Waals surface area contributed by atoms with Crippen LogP contribution in [0.25, 0.3) is 0 Å². The van der Waals surface area contributed by atoms with E-state index in [0.717, 1.165) is 35.5 Å². The van der Waals surface area contributed by atoms with E-state index in [2.05, 4.69) is 34.5 Å². The number of benzene rings is 2. The largest absolute Gasteiger partial charge is 0.483 e. The Labute approximate surface area is 156 Å². The molecule has 0 spiro atoms. The molecule has 1 fully saturated rings. The Kier molecular flexibility index (Phi) is 6.16. The van der Waals surface area contributed by atoms with Gasteiger partial charge in [-0.2, -0.15) is 0 Å². The Balaban J connectivity index is 1.46. The molecule has 4 heteroatoms.